The number of benzene rings is 1. The zero-order valence-corrected chi connectivity index (χ0v) is 14.9. The second-order valence-corrected chi connectivity index (χ2v) is 6.49. The van der Waals surface area contributed by atoms with Crippen LogP contribution < -0.4 is 5.32 Å². The van der Waals surface area contributed by atoms with Crippen LogP contribution in [0.2, 0.25) is 0 Å². The van der Waals surface area contributed by atoms with Crippen LogP contribution in [0.15, 0.2) is 48.8 Å². The summed E-state index contributed by atoms with van der Waals surface area (Å²) in [5.74, 6) is 0. The van der Waals surface area contributed by atoms with Gasteiger partial charge >= 0.3 is 0 Å². The first-order valence-electron chi connectivity index (χ1n) is 8.50. The van der Waals surface area contributed by atoms with E-state index in [-0.39, 0.29) is 0 Å². The number of thiocarbonyl (C=S) groups is 1. The van der Waals surface area contributed by atoms with Gasteiger partial charge in [0.2, 0.25) is 0 Å². The molecule has 4 nitrogen and oxygen atoms in total. The van der Waals surface area contributed by atoms with Gasteiger partial charge in [-0.25, -0.2) is 0 Å². The average Bonchev–Trinajstić information content (AvgIpc) is 2.64. The number of aromatic nitrogens is 1. The average molecular weight is 340 g/mol. The van der Waals surface area contributed by atoms with Gasteiger partial charge in [-0.1, -0.05) is 19.1 Å². The first-order chi connectivity index (χ1) is 11.7. The summed E-state index contributed by atoms with van der Waals surface area (Å²) in [4.78, 5) is 8.79. The van der Waals surface area contributed by atoms with Gasteiger partial charge in [0.25, 0.3) is 0 Å². The molecule has 1 aliphatic rings. The highest BCUT2D eigenvalue weighted by atomic mass is 32.1. The normalized spacial score (nSPS) is 15.3. The van der Waals surface area contributed by atoms with E-state index in [1.54, 1.807) is 0 Å². The van der Waals surface area contributed by atoms with E-state index in [1.807, 2.05) is 12.4 Å². The molecule has 0 atom stereocenters. The summed E-state index contributed by atoms with van der Waals surface area (Å²) in [7, 11) is 0. The summed E-state index contributed by atoms with van der Waals surface area (Å²) in [5, 5.41) is 4.18. The largest absolute Gasteiger partial charge is 0.346 e. The van der Waals surface area contributed by atoms with Crippen molar-refractivity contribution < 1.29 is 0 Å². The molecule has 1 aromatic heterocycles. The van der Waals surface area contributed by atoms with Crippen molar-refractivity contribution in [3.63, 3.8) is 0 Å². The third-order valence-corrected chi connectivity index (χ3v) is 4.79. The number of hydrogen-bond donors (Lipinski definition) is 1. The van der Waals surface area contributed by atoms with Crippen LogP contribution in [-0.2, 0) is 13.0 Å². The molecular formula is C19H24N4S. The SMILES string of the molecule is CCc1ccc(NC(=S)N2CCN(Cc3ccncc3)CC2)cc1. The molecule has 5 heteroatoms. The molecule has 1 saturated heterocycles. The fourth-order valence-electron chi connectivity index (χ4n) is 2.88. The molecule has 0 spiro atoms. The highest BCUT2D eigenvalue weighted by molar-refractivity contribution is 7.80. The Kier molecular flexibility index (Phi) is 5.77. The monoisotopic (exact) mass is 340 g/mol. The number of aryl methyl sites for hydroxylation is 1. The molecule has 1 aliphatic heterocycles. The Morgan fingerprint density at radius 2 is 1.67 bits per heavy atom. The number of nitrogens with zero attached hydrogens (tertiary/aromatic N) is 3. The van der Waals surface area contributed by atoms with Gasteiger partial charge in [0.15, 0.2) is 5.11 Å². The predicted octanol–water partition coefficient (Wildman–Crippen LogP) is 3.16. The van der Waals surface area contributed by atoms with Gasteiger partial charge in [-0.2, -0.15) is 0 Å². The molecule has 0 aliphatic carbocycles. The molecule has 0 unspecified atom stereocenters. The highest BCUT2D eigenvalue weighted by Crippen LogP contribution is 2.13. The summed E-state index contributed by atoms with van der Waals surface area (Å²) >= 11 is 5.57. The summed E-state index contributed by atoms with van der Waals surface area (Å²) in [6.45, 7) is 7.12. The lowest BCUT2D eigenvalue weighted by molar-refractivity contribution is 0.177. The van der Waals surface area contributed by atoms with Crippen molar-refractivity contribution in [2.45, 2.75) is 19.9 Å². The first-order valence-corrected chi connectivity index (χ1v) is 8.91. The van der Waals surface area contributed by atoms with Crippen molar-refractivity contribution in [2.75, 3.05) is 31.5 Å². The fraction of sp³-hybridized carbons (Fsp3) is 0.368. The van der Waals surface area contributed by atoms with Crippen LogP contribution in [0.3, 0.4) is 0 Å². The van der Waals surface area contributed by atoms with Gasteiger partial charge < -0.3 is 10.2 Å². The molecule has 2 aromatic rings. The molecule has 0 radical (unpaired) electrons. The van der Waals surface area contributed by atoms with E-state index >= 15 is 0 Å². The smallest absolute Gasteiger partial charge is 0.173 e. The molecule has 0 saturated carbocycles. The first kappa shape index (κ1) is 16.9. The molecule has 2 heterocycles. The van der Waals surface area contributed by atoms with Crippen LogP contribution in [0.5, 0.6) is 0 Å². The van der Waals surface area contributed by atoms with Gasteiger partial charge in [-0.15, -0.1) is 0 Å². The molecule has 1 N–H and O–H groups in total. The van der Waals surface area contributed by atoms with Gasteiger partial charge in [0, 0.05) is 50.8 Å². The van der Waals surface area contributed by atoms with Crippen LogP contribution in [0.25, 0.3) is 0 Å². The molecular weight excluding hydrogens is 316 g/mol. The van der Waals surface area contributed by atoms with E-state index in [0.717, 1.165) is 49.9 Å². The lowest BCUT2D eigenvalue weighted by atomic mass is 10.1. The van der Waals surface area contributed by atoms with E-state index in [9.17, 15) is 0 Å². The lowest BCUT2D eigenvalue weighted by Crippen LogP contribution is -2.49. The topological polar surface area (TPSA) is 31.4 Å². The summed E-state index contributed by atoms with van der Waals surface area (Å²) in [6, 6.07) is 12.7. The standard InChI is InChI=1S/C19H24N4S/c1-2-16-3-5-18(6-4-16)21-19(24)23-13-11-22(12-14-23)15-17-7-9-20-10-8-17/h3-10H,2,11-15H2,1H3,(H,21,24). The number of hydrogen-bond acceptors (Lipinski definition) is 3. The lowest BCUT2D eigenvalue weighted by Gasteiger charge is -2.36. The quantitative estimate of drug-likeness (QED) is 0.864. The minimum atomic E-state index is 0.822. The van der Waals surface area contributed by atoms with Crippen LogP contribution in [0, 0.1) is 0 Å². The minimum absolute atomic E-state index is 0.822. The van der Waals surface area contributed by atoms with Crippen molar-refractivity contribution in [1.29, 1.82) is 0 Å². The summed E-state index contributed by atoms with van der Waals surface area (Å²) in [6.07, 6.45) is 4.77. The highest BCUT2D eigenvalue weighted by Gasteiger charge is 2.19. The van der Waals surface area contributed by atoms with Crippen molar-refractivity contribution >= 4 is 23.0 Å². The fourth-order valence-corrected chi connectivity index (χ4v) is 3.18. The Morgan fingerprint density at radius 3 is 2.29 bits per heavy atom. The third kappa shape index (κ3) is 4.52. The maximum absolute atomic E-state index is 5.57. The zero-order valence-electron chi connectivity index (χ0n) is 14.1. The van der Waals surface area contributed by atoms with E-state index in [4.69, 9.17) is 12.2 Å². The van der Waals surface area contributed by atoms with Gasteiger partial charge in [0.1, 0.15) is 0 Å². The Balaban J connectivity index is 1.47. The van der Waals surface area contributed by atoms with Crippen molar-refractivity contribution in [1.82, 2.24) is 14.8 Å². The van der Waals surface area contributed by atoms with E-state index < -0.39 is 0 Å². The van der Waals surface area contributed by atoms with E-state index in [0.29, 0.717) is 0 Å². The molecule has 0 bridgehead atoms. The number of piperazine rings is 1. The zero-order chi connectivity index (χ0) is 16.8. The molecule has 24 heavy (non-hydrogen) atoms. The molecule has 3 rings (SSSR count). The Morgan fingerprint density at radius 1 is 1.00 bits per heavy atom. The molecule has 1 aromatic carbocycles. The van der Waals surface area contributed by atoms with Crippen LogP contribution >= 0.6 is 12.2 Å². The van der Waals surface area contributed by atoms with Crippen LogP contribution in [0.1, 0.15) is 18.1 Å². The summed E-state index contributed by atoms with van der Waals surface area (Å²) in [5.41, 5.74) is 3.72. The Hall–Kier alpha value is -1.98. The van der Waals surface area contributed by atoms with Gasteiger partial charge in [-0.3, -0.25) is 9.88 Å². The molecule has 1 fully saturated rings. The number of pyridine rings is 1. The Labute approximate surface area is 149 Å². The number of anilines is 1. The molecule has 126 valence electrons. The second-order valence-electron chi connectivity index (χ2n) is 6.10. The van der Waals surface area contributed by atoms with Crippen molar-refractivity contribution in [2.24, 2.45) is 0 Å². The van der Waals surface area contributed by atoms with Gasteiger partial charge in [-0.05, 0) is 54.0 Å². The number of rotatable bonds is 4. The second kappa shape index (κ2) is 8.22. The minimum Gasteiger partial charge on any atom is -0.346 e. The molecule has 0 amide bonds. The maximum Gasteiger partial charge on any atom is 0.173 e. The maximum atomic E-state index is 5.57. The van der Waals surface area contributed by atoms with Crippen molar-refractivity contribution in [3.05, 3.63) is 59.9 Å². The Bertz CT molecular complexity index is 649. The summed E-state index contributed by atoms with van der Waals surface area (Å²) < 4.78 is 0. The predicted molar refractivity (Wildman–Crippen MR) is 103 cm³/mol. The van der Waals surface area contributed by atoms with E-state index in [1.165, 1.54) is 11.1 Å². The third-order valence-electron chi connectivity index (χ3n) is 4.43. The van der Waals surface area contributed by atoms with E-state index in [2.05, 4.69) is 63.4 Å². The number of nitrogens with one attached hydrogen (secondary N) is 1. The van der Waals surface area contributed by atoms with Crippen LogP contribution in [-0.4, -0.2) is 46.1 Å². The van der Waals surface area contributed by atoms with Crippen molar-refractivity contribution in [3.8, 4) is 0 Å². The van der Waals surface area contributed by atoms with Crippen LogP contribution in [0.4, 0.5) is 5.69 Å². The van der Waals surface area contributed by atoms with Gasteiger partial charge in [0.05, 0.1) is 0 Å².